The molecule has 0 saturated carbocycles. The molecule has 0 aromatic carbocycles. The largest absolute Gasteiger partial charge is 0.480 e. The van der Waals surface area contributed by atoms with E-state index in [1.54, 1.807) is 0 Å². The Hall–Kier alpha value is -0.610. The number of rotatable bonds is 8. The lowest BCUT2D eigenvalue weighted by Gasteiger charge is -2.12. The van der Waals surface area contributed by atoms with E-state index in [0.29, 0.717) is 13.0 Å². The summed E-state index contributed by atoms with van der Waals surface area (Å²) in [7, 11) is 0. The number of hydrogen-bond donors (Lipinski definition) is 3. The van der Waals surface area contributed by atoms with Gasteiger partial charge in [0.25, 0.3) is 0 Å². The van der Waals surface area contributed by atoms with Crippen molar-refractivity contribution in [3.8, 4) is 0 Å². The van der Waals surface area contributed by atoms with Crippen molar-refractivity contribution in [3.63, 3.8) is 0 Å². The molecule has 0 rings (SSSR count). The van der Waals surface area contributed by atoms with Gasteiger partial charge in [-0.05, 0) is 32.4 Å². The molecule has 4 nitrogen and oxygen atoms in total. The maximum absolute atomic E-state index is 10.7. The van der Waals surface area contributed by atoms with Gasteiger partial charge in [-0.25, -0.2) is 0 Å². The maximum Gasteiger partial charge on any atom is 0.320 e. The average molecular weight is 188 g/mol. The number of carbonyl (C=O) groups is 1. The number of carboxylic acids is 1. The van der Waals surface area contributed by atoms with Gasteiger partial charge in [0, 0.05) is 0 Å². The fourth-order valence-corrected chi connectivity index (χ4v) is 1.12. The number of hydrogen-bond acceptors (Lipinski definition) is 3. The highest BCUT2D eigenvalue weighted by Gasteiger charge is 2.14. The molecule has 0 saturated heterocycles. The highest BCUT2D eigenvalue weighted by molar-refractivity contribution is 5.73. The van der Waals surface area contributed by atoms with Crippen LogP contribution in [0.4, 0.5) is 0 Å². The molecule has 0 spiro atoms. The molecule has 0 aliphatic rings. The minimum Gasteiger partial charge on any atom is -0.480 e. The van der Waals surface area contributed by atoms with Crippen LogP contribution in [0, 0.1) is 0 Å². The molecule has 0 bridgehead atoms. The van der Waals surface area contributed by atoms with Crippen LogP contribution in [0.25, 0.3) is 0 Å². The molecule has 0 aliphatic heterocycles. The Bertz CT molecular complexity index is 140. The lowest BCUT2D eigenvalue weighted by atomic mass is 10.1. The first kappa shape index (κ1) is 12.4. The van der Waals surface area contributed by atoms with E-state index in [9.17, 15) is 4.79 Å². The van der Waals surface area contributed by atoms with Crippen molar-refractivity contribution in [2.45, 2.75) is 38.6 Å². The summed E-state index contributed by atoms with van der Waals surface area (Å²) in [4.78, 5) is 10.7. The van der Waals surface area contributed by atoms with E-state index in [-0.39, 0.29) is 0 Å². The smallest absolute Gasteiger partial charge is 0.320 e. The summed E-state index contributed by atoms with van der Waals surface area (Å²) in [6.07, 6.45) is 3.41. The molecule has 1 atom stereocenters. The third-order valence-corrected chi connectivity index (χ3v) is 1.89. The zero-order valence-electron chi connectivity index (χ0n) is 8.25. The van der Waals surface area contributed by atoms with Gasteiger partial charge in [-0.2, -0.15) is 0 Å². The van der Waals surface area contributed by atoms with E-state index in [4.69, 9.17) is 10.8 Å². The summed E-state index contributed by atoms with van der Waals surface area (Å²) in [5.74, 6) is -0.759. The van der Waals surface area contributed by atoms with Gasteiger partial charge < -0.3 is 16.2 Å². The zero-order valence-corrected chi connectivity index (χ0v) is 8.25. The van der Waals surface area contributed by atoms with Crippen molar-refractivity contribution in [2.24, 2.45) is 5.73 Å². The van der Waals surface area contributed by atoms with Gasteiger partial charge in [0.05, 0.1) is 0 Å². The predicted molar refractivity (Wildman–Crippen MR) is 52.6 cm³/mol. The summed E-state index contributed by atoms with van der Waals surface area (Å²) in [6.45, 7) is 3.42. The molecule has 13 heavy (non-hydrogen) atoms. The Kier molecular flexibility index (Phi) is 7.63. The van der Waals surface area contributed by atoms with Gasteiger partial charge >= 0.3 is 5.97 Å². The molecule has 1 unspecified atom stereocenters. The highest BCUT2D eigenvalue weighted by Crippen LogP contribution is 2.00. The zero-order chi connectivity index (χ0) is 10.1. The minimum absolute atomic E-state index is 0.397. The van der Waals surface area contributed by atoms with Gasteiger partial charge in [0.2, 0.25) is 0 Å². The second kappa shape index (κ2) is 8.01. The van der Waals surface area contributed by atoms with E-state index in [1.165, 1.54) is 0 Å². The van der Waals surface area contributed by atoms with Crippen molar-refractivity contribution in [2.75, 3.05) is 13.1 Å². The van der Waals surface area contributed by atoms with Crippen LogP contribution < -0.4 is 11.1 Å². The Morgan fingerprint density at radius 2 is 2.23 bits per heavy atom. The lowest BCUT2D eigenvalue weighted by Crippen LogP contribution is -2.37. The third kappa shape index (κ3) is 6.54. The Labute approximate surface area is 79.5 Å². The number of carboxylic acid groups (broad SMARTS) is 1. The van der Waals surface area contributed by atoms with Crippen LogP contribution in [0.15, 0.2) is 0 Å². The summed E-state index contributed by atoms with van der Waals surface area (Å²) in [5.41, 5.74) is 5.32. The van der Waals surface area contributed by atoms with E-state index < -0.39 is 12.0 Å². The van der Waals surface area contributed by atoms with Crippen LogP contribution in [0.2, 0.25) is 0 Å². The summed E-state index contributed by atoms with van der Waals surface area (Å²) >= 11 is 0. The van der Waals surface area contributed by atoms with Crippen LogP contribution in [0.3, 0.4) is 0 Å². The molecule has 0 amide bonds. The maximum atomic E-state index is 10.7. The van der Waals surface area contributed by atoms with Crippen molar-refractivity contribution in [1.82, 2.24) is 5.32 Å². The van der Waals surface area contributed by atoms with Gasteiger partial charge in [-0.3, -0.25) is 4.79 Å². The van der Waals surface area contributed by atoms with E-state index in [0.717, 1.165) is 25.8 Å². The van der Waals surface area contributed by atoms with E-state index >= 15 is 0 Å². The van der Waals surface area contributed by atoms with Crippen molar-refractivity contribution < 1.29 is 9.90 Å². The van der Waals surface area contributed by atoms with Gasteiger partial charge in [0.1, 0.15) is 6.04 Å². The first-order valence-corrected chi connectivity index (χ1v) is 4.88. The molecular formula is C9H20N2O2. The monoisotopic (exact) mass is 188 g/mol. The standard InChI is InChI=1S/C9H20N2O2/c1-2-7-11-8(9(12)13)5-3-4-6-10/h8,11H,2-7,10H2,1H3,(H,12,13). The Morgan fingerprint density at radius 3 is 2.69 bits per heavy atom. The molecule has 78 valence electrons. The second-order valence-electron chi connectivity index (χ2n) is 3.13. The molecule has 0 aromatic heterocycles. The number of nitrogens with one attached hydrogen (secondary N) is 1. The van der Waals surface area contributed by atoms with Crippen LogP contribution in [0.5, 0.6) is 0 Å². The molecule has 0 aromatic rings. The molecule has 0 heterocycles. The Balaban J connectivity index is 3.61. The van der Waals surface area contributed by atoms with Gasteiger partial charge in [0.15, 0.2) is 0 Å². The van der Waals surface area contributed by atoms with Crippen molar-refractivity contribution >= 4 is 5.97 Å². The topological polar surface area (TPSA) is 75.3 Å². The fraction of sp³-hybridized carbons (Fsp3) is 0.889. The van der Waals surface area contributed by atoms with E-state index in [1.807, 2.05) is 6.92 Å². The number of aliphatic carboxylic acids is 1. The average Bonchev–Trinajstić information content (AvgIpc) is 2.10. The normalized spacial score (nSPS) is 12.8. The quantitative estimate of drug-likeness (QED) is 0.487. The minimum atomic E-state index is -0.759. The van der Waals surface area contributed by atoms with Crippen molar-refractivity contribution in [1.29, 1.82) is 0 Å². The van der Waals surface area contributed by atoms with Gasteiger partial charge in [-0.1, -0.05) is 13.3 Å². The Morgan fingerprint density at radius 1 is 1.54 bits per heavy atom. The van der Waals surface area contributed by atoms with Crippen LogP contribution in [-0.4, -0.2) is 30.2 Å². The van der Waals surface area contributed by atoms with Gasteiger partial charge in [-0.15, -0.1) is 0 Å². The molecule has 0 radical (unpaired) electrons. The number of nitrogens with two attached hydrogens (primary N) is 1. The first-order chi connectivity index (χ1) is 6.22. The summed E-state index contributed by atoms with van der Waals surface area (Å²) < 4.78 is 0. The van der Waals surface area contributed by atoms with Crippen LogP contribution >= 0.6 is 0 Å². The molecule has 4 N–H and O–H groups in total. The highest BCUT2D eigenvalue weighted by atomic mass is 16.4. The van der Waals surface area contributed by atoms with Crippen molar-refractivity contribution in [3.05, 3.63) is 0 Å². The molecular weight excluding hydrogens is 168 g/mol. The van der Waals surface area contributed by atoms with Crippen LogP contribution in [0.1, 0.15) is 32.6 Å². The van der Waals surface area contributed by atoms with Crippen LogP contribution in [-0.2, 0) is 4.79 Å². The predicted octanol–water partition coefficient (Wildman–Crippen LogP) is 0.568. The summed E-state index contributed by atoms with van der Waals surface area (Å²) in [5, 5.41) is 11.8. The molecule has 4 heteroatoms. The first-order valence-electron chi connectivity index (χ1n) is 4.88. The lowest BCUT2D eigenvalue weighted by molar-refractivity contribution is -0.139. The summed E-state index contributed by atoms with van der Waals surface area (Å²) in [6, 6.07) is -0.397. The SMILES string of the molecule is CCCNC(CCCCN)C(=O)O. The van der Waals surface area contributed by atoms with E-state index in [2.05, 4.69) is 5.32 Å². The number of unbranched alkanes of at least 4 members (excludes halogenated alkanes) is 1. The second-order valence-corrected chi connectivity index (χ2v) is 3.13. The molecule has 0 fully saturated rings. The fourth-order valence-electron chi connectivity index (χ4n) is 1.12. The third-order valence-electron chi connectivity index (χ3n) is 1.89. The molecule has 0 aliphatic carbocycles.